The number of nitrogens with zero attached hydrogens (tertiary/aromatic N) is 3. The molecule has 7 aromatic rings. The summed E-state index contributed by atoms with van der Waals surface area (Å²) in [4.78, 5) is 47.7. The summed E-state index contributed by atoms with van der Waals surface area (Å²) >= 11 is 0. The third-order valence-electron chi connectivity index (χ3n) is 9.68. The molecule has 0 spiro atoms. The van der Waals surface area contributed by atoms with Crippen LogP contribution in [0.1, 0.15) is 32.1 Å². The molecule has 2 aromatic heterocycles. The average molecular weight is 771 g/mol. The smallest absolute Gasteiger partial charge is 0.356 e. The number of nitrogen functional groups attached to an aromatic ring is 1. The Morgan fingerprint density at radius 1 is 0.772 bits per heavy atom. The number of ether oxygens (including phenoxy) is 2. The molecule has 1 aliphatic heterocycles. The number of hydrogen-bond acceptors (Lipinski definition) is 9. The Balaban J connectivity index is 0.000000214. The standard InChI is InChI=1S/C29H29N3O3.C16H12N2O3.Na/c1-34-29(33)25-19-26(32-17-15-31(16-18-32)20-22-9-4-2-5-10-22)24-13-8-14-27(28(24)30-25)35-21-23-11-6-3-7-12-23;17-12-7-10(9-4-2-1-3-5-9)6-11-14(19)8-13(16(20)21)18-15(11)12;/h2-14,19H,15-18,20-21H2,1H3;1-8H,17H2,(H,18,19)(H,20,21);. The minimum Gasteiger partial charge on any atom is -0.487 e. The molecule has 1 aliphatic rings. The fraction of sp³-hybridized carbons (Fsp3) is 0.156. The topological polar surface area (TPSA) is 151 Å². The maximum atomic E-state index is 12.5. The Morgan fingerprint density at radius 3 is 2.07 bits per heavy atom. The molecule has 3 heterocycles. The van der Waals surface area contributed by atoms with Crippen LogP contribution in [0.2, 0.25) is 0 Å². The number of carbonyl (C=O) groups is 2. The van der Waals surface area contributed by atoms with Crippen LogP contribution >= 0.6 is 0 Å². The quantitative estimate of drug-likeness (QED) is 0.0794. The third kappa shape index (κ3) is 9.70. The summed E-state index contributed by atoms with van der Waals surface area (Å²) in [5, 5.41) is 10.3. The van der Waals surface area contributed by atoms with Gasteiger partial charge in [0.15, 0.2) is 11.1 Å². The second kappa shape index (κ2) is 18.8. The first kappa shape index (κ1) is 40.7. The number of hydrogen-bond donors (Lipinski definition) is 3. The van der Waals surface area contributed by atoms with Gasteiger partial charge in [0, 0.05) is 84.8 Å². The Hall–Kier alpha value is -5.98. The second-order valence-electron chi connectivity index (χ2n) is 13.4. The van der Waals surface area contributed by atoms with Crippen molar-refractivity contribution in [2.75, 3.05) is 43.9 Å². The van der Waals surface area contributed by atoms with Crippen molar-refractivity contribution in [3.05, 3.63) is 166 Å². The second-order valence-corrected chi connectivity index (χ2v) is 13.4. The molecule has 8 rings (SSSR count). The normalized spacial score (nSPS) is 12.6. The van der Waals surface area contributed by atoms with Gasteiger partial charge in [0.1, 0.15) is 23.6 Å². The number of H-pyrrole nitrogens is 1. The van der Waals surface area contributed by atoms with E-state index in [4.69, 9.17) is 20.3 Å². The molecule has 11 nitrogen and oxygen atoms in total. The third-order valence-corrected chi connectivity index (χ3v) is 9.68. The minimum absolute atomic E-state index is 0. The molecule has 0 amide bonds. The van der Waals surface area contributed by atoms with Crippen molar-refractivity contribution in [1.82, 2.24) is 14.9 Å². The van der Waals surface area contributed by atoms with Crippen LogP contribution in [0, 0.1) is 0 Å². The first-order valence-electron chi connectivity index (χ1n) is 18.2. The number of nitrogens with two attached hydrogens (primary N) is 1. The molecule has 1 fully saturated rings. The van der Waals surface area contributed by atoms with Gasteiger partial charge in [-0.25, -0.2) is 14.6 Å². The molecule has 0 unspecified atom stereocenters. The largest absolute Gasteiger partial charge is 0.487 e. The zero-order valence-corrected chi connectivity index (χ0v) is 33.9. The van der Waals surface area contributed by atoms with Crippen LogP contribution in [0.5, 0.6) is 5.75 Å². The summed E-state index contributed by atoms with van der Waals surface area (Å²) in [6.45, 7) is 4.98. The van der Waals surface area contributed by atoms with E-state index in [9.17, 15) is 14.4 Å². The van der Waals surface area contributed by atoms with Crippen LogP contribution in [0.4, 0.5) is 11.4 Å². The van der Waals surface area contributed by atoms with Crippen LogP contribution in [-0.2, 0) is 17.9 Å². The minimum atomic E-state index is -1.19. The number of esters is 1. The molecule has 1 radical (unpaired) electrons. The summed E-state index contributed by atoms with van der Waals surface area (Å²) in [6.07, 6.45) is 0. The Labute approximate surface area is 352 Å². The average Bonchev–Trinajstić information content (AvgIpc) is 3.24. The number of carboxylic acids is 1. The van der Waals surface area contributed by atoms with Gasteiger partial charge >= 0.3 is 11.9 Å². The van der Waals surface area contributed by atoms with Crippen molar-refractivity contribution < 1.29 is 24.2 Å². The van der Waals surface area contributed by atoms with Crippen molar-refractivity contribution in [1.29, 1.82) is 0 Å². The van der Waals surface area contributed by atoms with Crippen LogP contribution in [0.15, 0.2) is 138 Å². The number of pyridine rings is 2. The number of carboxylic acid groups (broad SMARTS) is 1. The van der Waals surface area contributed by atoms with E-state index in [1.54, 1.807) is 12.1 Å². The zero-order valence-electron chi connectivity index (χ0n) is 31.9. The van der Waals surface area contributed by atoms with Crippen LogP contribution in [0.25, 0.3) is 32.9 Å². The van der Waals surface area contributed by atoms with Crippen molar-refractivity contribution in [2.45, 2.75) is 13.2 Å². The summed E-state index contributed by atoms with van der Waals surface area (Å²) in [5.41, 5.74) is 12.2. The van der Waals surface area contributed by atoms with E-state index in [1.807, 2.05) is 91.0 Å². The van der Waals surface area contributed by atoms with Gasteiger partial charge < -0.3 is 30.2 Å². The number of nitrogens with one attached hydrogen (secondary N) is 1. The number of aromatic nitrogens is 2. The number of aromatic amines is 1. The molecule has 0 saturated carbocycles. The number of benzene rings is 5. The first-order chi connectivity index (χ1) is 27.3. The summed E-state index contributed by atoms with van der Waals surface area (Å²) in [5.74, 6) is -0.990. The summed E-state index contributed by atoms with van der Waals surface area (Å²) in [7, 11) is 1.38. The number of piperazine rings is 1. The summed E-state index contributed by atoms with van der Waals surface area (Å²) in [6, 6.07) is 42.4. The summed E-state index contributed by atoms with van der Waals surface area (Å²) < 4.78 is 11.2. The van der Waals surface area contributed by atoms with E-state index in [1.165, 1.54) is 12.7 Å². The molecule has 5 aromatic carbocycles. The fourth-order valence-corrected chi connectivity index (χ4v) is 6.81. The number of anilines is 2. The molecule has 57 heavy (non-hydrogen) atoms. The maximum absolute atomic E-state index is 12.5. The Bertz CT molecular complexity index is 2540. The van der Waals surface area contributed by atoms with E-state index >= 15 is 0 Å². The van der Waals surface area contributed by atoms with Gasteiger partial charge in [-0.05, 0) is 46.5 Å². The van der Waals surface area contributed by atoms with Crippen molar-refractivity contribution in [3.63, 3.8) is 0 Å². The van der Waals surface area contributed by atoms with Crippen LogP contribution < -0.4 is 20.8 Å². The number of rotatable bonds is 9. The zero-order chi connectivity index (χ0) is 39.0. The van der Waals surface area contributed by atoms with E-state index in [-0.39, 0.29) is 46.4 Å². The Morgan fingerprint density at radius 2 is 1.42 bits per heavy atom. The number of fused-ring (bicyclic) bond motifs is 2. The van der Waals surface area contributed by atoms with E-state index in [2.05, 4.69) is 44.0 Å². The molecule has 0 aliphatic carbocycles. The number of aromatic carboxylic acids is 1. The monoisotopic (exact) mass is 770 g/mol. The van der Waals surface area contributed by atoms with Crippen molar-refractivity contribution >= 4 is 74.7 Å². The van der Waals surface area contributed by atoms with Gasteiger partial charge in [0.25, 0.3) is 0 Å². The number of carbonyl (C=O) groups excluding carboxylic acids is 1. The molecule has 4 N–H and O–H groups in total. The van der Waals surface area contributed by atoms with Gasteiger partial charge in [-0.15, -0.1) is 0 Å². The molecule has 1 saturated heterocycles. The van der Waals surface area contributed by atoms with E-state index < -0.39 is 11.9 Å². The van der Waals surface area contributed by atoms with E-state index in [0.717, 1.165) is 66.6 Å². The van der Waals surface area contributed by atoms with Crippen LogP contribution in [0.3, 0.4) is 0 Å². The van der Waals surface area contributed by atoms with Gasteiger partial charge in [-0.1, -0.05) is 103 Å². The van der Waals surface area contributed by atoms with Gasteiger partial charge in [-0.2, -0.15) is 0 Å². The van der Waals surface area contributed by atoms with Crippen molar-refractivity contribution in [2.24, 2.45) is 0 Å². The van der Waals surface area contributed by atoms with Crippen molar-refractivity contribution in [3.8, 4) is 16.9 Å². The first-order valence-corrected chi connectivity index (χ1v) is 18.2. The van der Waals surface area contributed by atoms with E-state index in [0.29, 0.717) is 34.5 Å². The van der Waals surface area contributed by atoms with Gasteiger partial charge in [0.05, 0.1) is 18.3 Å². The Kier molecular flexibility index (Phi) is 13.4. The molecule has 0 bridgehead atoms. The predicted molar refractivity (Wildman–Crippen MR) is 225 cm³/mol. The number of para-hydroxylation sites is 1. The SMILES string of the molecule is COC(=O)c1cc(N2CCN(Cc3ccccc3)CC2)c2cccc(OCc3ccccc3)c2n1.Nc1cc(-c2ccccc2)cc2c(=O)cc(C(=O)O)[nH]c12.[Na]. The number of methoxy groups -OCH3 is 1. The molecular weight excluding hydrogens is 730 g/mol. The fourth-order valence-electron chi connectivity index (χ4n) is 6.81. The molecule has 283 valence electrons. The van der Waals surface area contributed by atoms with Gasteiger partial charge in [0.2, 0.25) is 0 Å². The molecule has 12 heteroatoms. The maximum Gasteiger partial charge on any atom is 0.356 e. The molecular formula is C45H41N5NaO6. The van der Waals surface area contributed by atoms with Gasteiger partial charge in [-0.3, -0.25) is 9.69 Å². The molecule has 0 atom stereocenters. The predicted octanol–water partition coefficient (Wildman–Crippen LogP) is 7.02. The van der Waals surface area contributed by atoms with Crippen LogP contribution in [-0.4, -0.2) is 94.8 Å².